The number of rotatable bonds is 6. The fourth-order valence-electron chi connectivity index (χ4n) is 3.47. The quantitative estimate of drug-likeness (QED) is 0.162. The summed E-state index contributed by atoms with van der Waals surface area (Å²) in [5.41, 5.74) is 2.50. The van der Waals surface area contributed by atoms with Gasteiger partial charge in [0, 0.05) is 29.0 Å². The third-order valence-electron chi connectivity index (χ3n) is 5.04. The minimum atomic E-state index is -0.498. The Morgan fingerprint density at radius 3 is 2.76 bits per heavy atom. The van der Waals surface area contributed by atoms with Crippen molar-refractivity contribution < 1.29 is 14.0 Å². The van der Waals surface area contributed by atoms with Crippen molar-refractivity contribution in [3.63, 3.8) is 0 Å². The molecule has 0 saturated carbocycles. The monoisotopic (exact) mass is 511 g/mol. The average molecular weight is 512 g/mol. The van der Waals surface area contributed by atoms with Crippen LogP contribution in [0.25, 0.3) is 21.8 Å². The number of nitrogens with zero attached hydrogens (tertiary/aromatic N) is 3. The number of pyridine rings is 1. The fourth-order valence-corrected chi connectivity index (χ4v) is 5.28. The van der Waals surface area contributed by atoms with Gasteiger partial charge in [0.2, 0.25) is 5.13 Å². The first-order valence-electron chi connectivity index (χ1n) is 10.0. The highest BCUT2D eigenvalue weighted by Crippen LogP contribution is 2.31. The zero-order valence-electron chi connectivity index (χ0n) is 17.6. The van der Waals surface area contributed by atoms with E-state index in [4.69, 9.17) is 11.6 Å². The number of anilines is 1. The highest BCUT2D eigenvalue weighted by Gasteiger charge is 2.19. The number of fused-ring (bicyclic) bond motifs is 3. The highest BCUT2D eigenvalue weighted by atomic mass is 35.5. The molecule has 5 rings (SSSR count). The van der Waals surface area contributed by atoms with Crippen LogP contribution in [0.2, 0.25) is 5.02 Å². The number of carbonyl (C=O) groups excluding carboxylic acids is 2. The van der Waals surface area contributed by atoms with E-state index in [0.29, 0.717) is 20.7 Å². The Hall–Kier alpha value is -3.34. The molecule has 3 aromatic heterocycles. The Morgan fingerprint density at radius 2 is 1.97 bits per heavy atom. The number of amides is 1. The molecule has 7 nitrogen and oxygen atoms in total. The predicted molar refractivity (Wildman–Crippen MR) is 132 cm³/mol. The second-order valence-electron chi connectivity index (χ2n) is 7.37. The summed E-state index contributed by atoms with van der Waals surface area (Å²) in [5.74, 6) is -0.756. The van der Waals surface area contributed by atoms with Gasteiger partial charge in [-0.2, -0.15) is 0 Å². The zero-order chi connectivity index (χ0) is 23.8. The topological polar surface area (TPSA) is 101 Å². The van der Waals surface area contributed by atoms with Gasteiger partial charge in [0.15, 0.2) is 10.1 Å². The van der Waals surface area contributed by atoms with Crippen LogP contribution in [0.4, 0.5) is 9.52 Å². The number of hydrogen-bond acceptors (Lipinski definition) is 7. The number of carbonyl (C=O) groups is 2. The van der Waals surface area contributed by atoms with E-state index in [1.54, 1.807) is 12.1 Å². The normalized spacial score (nSPS) is 11.3. The average Bonchev–Trinajstić information content (AvgIpc) is 3.43. The predicted octanol–water partition coefficient (Wildman–Crippen LogP) is 6.11. The van der Waals surface area contributed by atoms with Crippen LogP contribution in [-0.4, -0.2) is 31.9 Å². The molecule has 0 aliphatic carbocycles. The van der Waals surface area contributed by atoms with Crippen LogP contribution in [0.3, 0.4) is 0 Å². The molecule has 0 aliphatic rings. The molecular formula is C23H15ClFN5O2S2. The van der Waals surface area contributed by atoms with Gasteiger partial charge in [0.25, 0.3) is 5.91 Å². The highest BCUT2D eigenvalue weighted by molar-refractivity contribution is 8.00. The van der Waals surface area contributed by atoms with Gasteiger partial charge in [0.1, 0.15) is 17.2 Å². The van der Waals surface area contributed by atoms with Gasteiger partial charge in [-0.05, 0) is 29.8 Å². The zero-order valence-corrected chi connectivity index (χ0v) is 19.9. The van der Waals surface area contributed by atoms with Gasteiger partial charge in [-0.1, -0.05) is 59.0 Å². The Kier molecular flexibility index (Phi) is 6.03. The summed E-state index contributed by atoms with van der Waals surface area (Å²) < 4.78 is 14.2. The van der Waals surface area contributed by atoms with Crippen molar-refractivity contribution in [1.82, 2.24) is 20.2 Å². The molecular weight excluding hydrogens is 497 g/mol. The lowest BCUT2D eigenvalue weighted by Crippen LogP contribution is -2.15. The maximum Gasteiger partial charge on any atom is 0.276 e. The molecule has 170 valence electrons. The lowest BCUT2D eigenvalue weighted by atomic mass is 10.1. The fraction of sp³-hybridized carbons (Fsp3) is 0.0870. The van der Waals surface area contributed by atoms with E-state index >= 15 is 0 Å². The second kappa shape index (κ2) is 9.13. The van der Waals surface area contributed by atoms with Crippen LogP contribution >= 0.6 is 34.7 Å². The van der Waals surface area contributed by atoms with Crippen LogP contribution in [-0.2, 0) is 5.75 Å². The molecule has 0 radical (unpaired) electrons. The van der Waals surface area contributed by atoms with Crippen molar-refractivity contribution >= 4 is 73.3 Å². The molecule has 2 aromatic carbocycles. The van der Waals surface area contributed by atoms with Crippen LogP contribution in [0.1, 0.15) is 33.5 Å². The molecule has 3 heterocycles. The molecule has 0 spiro atoms. The SMILES string of the molecule is CC(=O)c1nc(C(=O)Nc2nnc(SCc3ccc(Cl)c(F)c3)s2)cc2c1[nH]c1ccccc12. The first-order valence-corrected chi connectivity index (χ1v) is 12.2. The Balaban J connectivity index is 1.36. The van der Waals surface area contributed by atoms with Crippen molar-refractivity contribution in [2.75, 3.05) is 5.32 Å². The number of aromatic amines is 1. The molecule has 0 aliphatic heterocycles. The number of para-hydroxylation sites is 1. The number of thioether (sulfide) groups is 1. The van der Waals surface area contributed by atoms with E-state index in [1.165, 1.54) is 42.2 Å². The summed E-state index contributed by atoms with van der Waals surface area (Å²) in [7, 11) is 0. The first kappa shape index (κ1) is 22.5. The largest absolute Gasteiger partial charge is 0.353 e. The summed E-state index contributed by atoms with van der Waals surface area (Å²) in [4.78, 5) is 32.7. The maximum absolute atomic E-state index is 13.6. The third kappa shape index (κ3) is 4.39. The molecule has 0 unspecified atom stereocenters. The van der Waals surface area contributed by atoms with Crippen LogP contribution in [0.15, 0.2) is 52.9 Å². The van der Waals surface area contributed by atoms with Crippen molar-refractivity contribution in [3.05, 3.63) is 76.3 Å². The Labute approximate surface area is 205 Å². The molecule has 0 atom stereocenters. The lowest BCUT2D eigenvalue weighted by Gasteiger charge is -2.04. The van der Waals surface area contributed by atoms with E-state index in [1.807, 2.05) is 24.3 Å². The van der Waals surface area contributed by atoms with Crippen LogP contribution in [0, 0.1) is 5.82 Å². The Morgan fingerprint density at radius 1 is 1.15 bits per heavy atom. The third-order valence-corrected chi connectivity index (χ3v) is 7.39. The van der Waals surface area contributed by atoms with Gasteiger partial charge >= 0.3 is 0 Å². The van der Waals surface area contributed by atoms with Crippen molar-refractivity contribution in [2.45, 2.75) is 17.0 Å². The molecule has 0 fully saturated rings. The van der Waals surface area contributed by atoms with Crippen LogP contribution in [0.5, 0.6) is 0 Å². The smallest absolute Gasteiger partial charge is 0.276 e. The van der Waals surface area contributed by atoms with Gasteiger partial charge in [-0.25, -0.2) is 9.37 Å². The number of aromatic nitrogens is 4. The molecule has 2 N–H and O–H groups in total. The number of Topliss-reactive ketones (excluding diaryl/α,β-unsaturated/α-hetero) is 1. The number of hydrogen-bond donors (Lipinski definition) is 2. The van der Waals surface area contributed by atoms with Gasteiger partial charge in [0.05, 0.1) is 10.5 Å². The molecule has 5 aromatic rings. The molecule has 0 saturated heterocycles. The number of nitrogens with one attached hydrogen (secondary N) is 2. The minimum Gasteiger partial charge on any atom is -0.353 e. The first-order chi connectivity index (χ1) is 16.4. The standard InChI is InChI=1S/C23H15ClFN5O2S2/c1-11(31)19-20-14(13-4-2-3-5-17(13)26-20)9-18(27-19)21(32)28-22-29-30-23(34-22)33-10-12-6-7-15(24)16(25)8-12/h2-9,26H,10H2,1H3,(H,28,29,32). The summed E-state index contributed by atoms with van der Waals surface area (Å²) in [6, 6.07) is 13.9. The summed E-state index contributed by atoms with van der Waals surface area (Å²) in [6.45, 7) is 1.41. The van der Waals surface area contributed by atoms with Gasteiger partial charge in [-0.15, -0.1) is 10.2 Å². The lowest BCUT2D eigenvalue weighted by molar-refractivity contribution is 0.101. The summed E-state index contributed by atoms with van der Waals surface area (Å²) in [6.07, 6.45) is 0. The minimum absolute atomic E-state index is 0.0713. The number of benzene rings is 2. The number of H-pyrrole nitrogens is 1. The van der Waals surface area contributed by atoms with Crippen molar-refractivity contribution in [2.24, 2.45) is 0 Å². The van der Waals surface area contributed by atoms with Crippen molar-refractivity contribution in [3.8, 4) is 0 Å². The molecule has 1 amide bonds. The van der Waals surface area contributed by atoms with E-state index in [-0.39, 0.29) is 22.2 Å². The van der Waals surface area contributed by atoms with E-state index in [9.17, 15) is 14.0 Å². The molecule has 11 heteroatoms. The van der Waals surface area contributed by atoms with E-state index in [2.05, 4.69) is 25.5 Å². The number of halogens is 2. The Bertz CT molecular complexity index is 1580. The van der Waals surface area contributed by atoms with Crippen molar-refractivity contribution in [1.29, 1.82) is 0 Å². The van der Waals surface area contributed by atoms with Gasteiger partial charge < -0.3 is 4.98 Å². The maximum atomic E-state index is 13.6. The van der Waals surface area contributed by atoms with E-state index < -0.39 is 11.7 Å². The number of ketones is 1. The second-order valence-corrected chi connectivity index (χ2v) is 9.98. The van der Waals surface area contributed by atoms with E-state index in [0.717, 1.165) is 21.9 Å². The summed E-state index contributed by atoms with van der Waals surface area (Å²) >= 11 is 8.26. The molecule has 34 heavy (non-hydrogen) atoms. The molecule has 0 bridgehead atoms. The van der Waals surface area contributed by atoms with Gasteiger partial charge in [-0.3, -0.25) is 14.9 Å². The summed E-state index contributed by atoms with van der Waals surface area (Å²) in [5, 5.41) is 12.8. The van der Waals surface area contributed by atoms with Crippen LogP contribution < -0.4 is 5.32 Å².